The van der Waals surface area contributed by atoms with Crippen molar-refractivity contribution in [2.24, 2.45) is 0 Å². The molecule has 0 aliphatic heterocycles. The van der Waals surface area contributed by atoms with Crippen LogP contribution in [-0.2, 0) is 0 Å². The molecular weight excluding hydrogens is 156 g/mol. The Labute approximate surface area is 70.8 Å². The number of hydrogen-bond donors (Lipinski definition) is 0. The lowest BCUT2D eigenvalue weighted by Crippen LogP contribution is -1.63. The van der Waals surface area contributed by atoms with E-state index < -0.39 is 0 Å². The molecule has 1 heteroatoms. The lowest BCUT2D eigenvalue weighted by atomic mass is 10.2. The molecule has 0 unspecified atom stereocenters. The molecule has 0 saturated heterocycles. The monoisotopic (exact) mass is 162 g/mol. The summed E-state index contributed by atoms with van der Waals surface area (Å²) in [5, 5.41) is 0.830. The van der Waals surface area contributed by atoms with Gasteiger partial charge in [0.15, 0.2) is 0 Å². The molecule has 0 bridgehead atoms. The summed E-state index contributed by atoms with van der Waals surface area (Å²) in [6.45, 7) is 0. The second kappa shape index (κ2) is 2.55. The minimum atomic E-state index is 0.830. The maximum absolute atomic E-state index is 5.93. The fourth-order valence-corrected chi connectivity index (χ4v) is 1.41. The van der Waals surface area contributed by atoms with Gasteiger partial charge in [0.2, 0.25) is 0 Å². The first-order valence-corrected chi connectivity index (χ1v) is 3.89. The van der Waals surface area contributed by atoms with E-state index in [0.29, 0.717) is 0 Å². The number of hydrogen-bond acceptors (Lipinski definition) is 0. The molecule has 11 heavy (non-hydrogen) atoms. The van der Waals surface area contributed by atoms with Crippen LogP contribution in [0.1, 0.15) is 0 Å². The Kier molecular flexibility index (Phi) is 1.55. The van der Waals surface area contributed by atoms with E-state index in [4.69, 9.17) is 11.6 Å². The van der Waals surface area contributed by atoms with Gasteiger partial charge >= 0.3 is 0 Å². The van der Waals surface area contributed by atoms with Crippen molar-refractivity contribution < 1.29 is 0 Å². The van der Waals surface area contributed by atoms with Crippen molar-refractivity contribution >= 4 is 11.6 Å². The smallest absolute Gasteiger partial charge is 0.0484 e. The summed E-state index contributed by atoms with van der Waals surface area (Å²) in [5.74, 6) is 0. The summed E-state index contributed by atoms with van der Waals surface area (Å²) in [7, 11) is 0. The SMILES string of the molecule is Clc1ccc2cccccc1-2. The van der Waals surface area contributed by atoms with E-state index in [1.54, 1.807) is 0 Å². The summed E-state index contributed by atoms with van der Waals surface area (Å²) in [6, 6.07) is 14.0. The average molecular weight is 163 g/mol. The largest absolute Gasteiger partial charge is 0.0837 e. The van der Waals surface area contributed by atoms with E-state index in [0.717, 1.165) is 10.6 Å². The molecule has 0 saturated carbocycles. The van der Waals surface area contributed by atoms with Gasteiger partial charge in [-0.2, -0.15) is 0 Å². The zero-order valence-corrected chi connectivity index (χ0v) is 6.68. The van der Waals surface area contributed by atoms with Crippen molar-refractivity contribution in [1.29, 1.82) is 0 Å². The molecule has 0 fully saturated rings. The zero-order chi connectivity index (χ0) is 7.68. The Balaban J connectivity index is 2.75. The van der Waals surface area contributed by atoms with Crippen LogP contribution < -0.4 is 0 Å². The number of rotatable bonds is 0. The first-order valence-electron chi connectivity index (χ1n) is 3.51. The van der Waals surface area contributed by atoms with E-state index in [9.17, 15) is 0 Å². The Morgan fingerprint density at radius 1 is 0.818 bits per heavy atom. The summed E-state index contributed by atoms with van der Waals surface area (Å²) in [4.78, 5) is 0. The normalized spacial score (nSPS) is 10.3. The quantitative estimate of drug-likeness (QED) is 0.557. The second-order valence-corrected chi connectivity index (χ2v) is 2.87. The molecule has 0 radical (unpaired) electrons. The van der Waals surface area contributed by atoms with Gasteiger partial charge < -0.3 is 0 Å². The van der Waals surface area contributed by atoms with Crippen LogP contribution in [0.5, 0.6) is 0 Å². The fourth-order valence-electron chi connectivity index (χ4n) is 1.18. The van der Waals surface area contributed by atoms with Crippen LogP contribution in [0, 0.1) is 0 Å². The van der Waals surface area contributed by atoms with Gasteiger partial charge in [-0.05, 0) is 11.6 Å². The van der Waals surface area contributed by atoms with Gasteiger partial charge in [-0.1, -0.05) is 48.0 Å². The van der Waals surface area contributed by atoms with Crippen LogP contribution in [0.15, 0.2) is 42.5 Å². The Morgan fingerprint density at radius 2 is 1.64 bits per heavy atom. The Morgan fingerprint density at radius 3 is 2.55 bits per heavy atom. The van der Waals surface area contributed by atoms with Crippen LogP contribution in [0.4, 0.5) is 0 Å². The molecule has 0 aromatic heterocycles. The highest BCUT2D eigenvalue weighted by atomic mass is 35.5. The van der Waals surface area contributed by atoms with Crippen LogP contribution in [0.2, 0.25) is 5.02 Å². The van der Waals surface area contributed by atoms with E-state index in [-0.39, 0.29) is 0 Å². The van der Waals surface area contributed by atoms with E-state index in [1.165, 1.54) is 5.56 Å². The number of fused-ring (bicyclic) bond motifs is 1. The molecular formula is C10H7Cl. The Hall–Kier alpha value is -1.01. The molecule has 2 aliphatic rings. The highest BCUT2D eigenvalue weighted by molar-refractivity contribution is 6.33. The van der Waals surface area contributed by atoms with Crippen molar-refractivity contribution in [3.05, 3.63) is 47.5 Å². The van der Waals surface area contributed by atoms with Crippen molar-refractivity contribution in [3.8, 4) is 11.1 Å². The lowest BCUT2D eigenvalue weighted by molar-refractivity contribution is 1.84. The highest BCUT2D eigenvalue weighted by Crippen LogP contribution is 2.30. The third-order valence-electron chi connectivity index (χ3n) is 1.74. The third kappa shape index (κ3) is 1.10. The molecule has 0 heterocycles. The van der Waals surface area contributed by atoms with Crippen LogP contribution in [0.3, 0.4) is 0 Å². The molecule has 54 valence electrons. The zero-order valence-electron chi connectivity index (χ0n) is 5.92. The summed E-state index contributed by atoms with van der Waals surface area (Å²) < 4.78 is 0. The first-order chi connectivity index (χ1) is 5.38. The molecule has 0 aromatic carbocycles. The molecule has 0 atom stereocenters. The number of halogens is 1. The van der Waals surface area contributed by atoms with Gasteiger partial charge in [0.1, 0.15) is 0 Å². The maximum Gasteiger partial charge on any atom is 0.0484 e. The van der Waals surface area contributed by atoms with Gasteiger partial charge in [-0.15, -0.1) is 0 Å². The summed E-state index contributed by atoms with van der Waals surface area (Å²) in [6.07, 6.45) is 0. The van der Waals surface area contributed by atoms with Crippen LogP contribution in [0.25, 0.3) is 11.1 Å². The summed E-state index contributed by atoms with van der Waals surface area (Å²) >= 11 is 5.93. The molecule has 0 nitrogen and oxygen atoms in total. The van der Waals surface area contributed by atoms with Gasteiger partial charge in [-0.3, -0.25) is 0 Å². The van der Waals surface area contributed by atoms with Gasteiger partial charge in [0.05, 0.1) is 0 Å². The van der Waals surface area contributed by atoms with Crippen molar-refractivity contribution in [1.82, 2.24) is 0 Å². The topological polar surface area (TPSA) is 0 Å². The van der Waals surface area contributed by atoms with Gasteiger partial charge in [0.25, 0.3) is 0 Å². The molecule has 2 aliphatic carbocycles. The maximum atomic E-state index is 5.93. The Bertz CT molecular complexity index is 341. The van der Waals surface area contributed by atoms with E-state index in [2.05, 4.69) is 6.07 Å². The van der Waals surface area contributed by atoms with Crippen LogP contribution in [-0.4, -0.2) is 0 Å². The van der Waals surface area contributed by atoms with Gasteiger partial charge in [-0.25, -0.2) is 0 Å². The molecule has 0 amide bonds. The van der Waals surface area contributed by atoms with E-state index >= 15 is 0 Å². The summed E-state index contributed by atoms with van der Waals surface area (Å²) in [5.41, 5.74) is 2.32. The lowest BCUT2D eigenvalue weighted by Gasteiger charge is -1.89. The predicted molar refractivity (Wildman–Crippen MR) is 48.1 cm³/mol. The van der Waals surface area contributed by atoms with Gasteiger partial charge in [0, 0.05) is 10.6 Å². The fraction of sp³-hybridized carbons (Fsp3) is 0. The average Bonchev–Trinajstić information content (AvgIpc) is 2.25. The molecule has 0 aromatic rings. The highest BCUT2D eigenvalue weighted by Gasteiger charge is 2.03. The minimum Gasteiger partial charge on any atom is -0.0837 e. The van der Waals surface area contributed by atoms with Crippen molar-refractivity contribution in [2.45, 2.75) is 0 Å². The third-order valence-corrected chi connectivity index (χ3v) is 2.07. The predicted octanol–water partition coefficient (Wildman–Crippen LogP) is 3.44. The second-order valence-electron chi connectivity index (χ2n) is 2.46. The van der Waals surface area contributed by atoms with Crippen molar-refractivity contribution in [3.63, 3.8) is 0 Å². The van der Waals surface area contributed by atoms with E-state index in [1.807, 2.05) is 36.4 Å². The van der Waals surface area contributed by atoms with Crippen LogP contribution >= 0.6 is 11.6 Å². The molecule has 2 rings (SSSR count). The minimum absolute atomic E-state index is 0.830. The molecule has 0 N–H and O–H groups in total. The molecule has 0 spiro atoms. The van der Waals surface area contributed by atoms with Crippen molar-refractivity contribution in [2.75, 3.05) is 0 Å². The first kappa shape index (κ1) is 6.68. The standard InChI is InChI=1S/C10H7Cl/c11-10-7-6-8-4-2-1-3-5-9(8)10/h1-7H.